The molecule has 2 aromatic rings. The van der Waals surface area contributed by atoms with Crippen LogP contribution in [0.25, 0.3) is 0 Å². The van der Waals surface area contributed by atoms with Gasteiger partial charge in [0.25, 0.3) is 0 Å². The molecule has 3 rings (SSSR count). The van der Waals surface area contributed by atoms with Crippen molar-refractivity contribution in [1.29, 1.82) is 0 Å². The summed E-state index contributed by atoms with van der Waals surface area (Å²) in [4.78, 5) is 0. The van der Waals surface area contributed by atoms with Gasteiger partial charge in [-0.15, -0.1) is 0 Å². The van der Waals surface area contributed by atoms with Gasteiger partial charge in [-0.25, -0.2) is 0 Å². The van der Waals surface area contributed by atoms with Gasteiger partial charge >= 0.3 is 0 Å². The highest BCUT2D eigenvalue weighted by molar-refractivity contribution is 5.45. The number of nitrogens with two attached hydrogens (primary N) is 1. The lowest BCUT2D eigenvalue weighted by Gasteiger charge is -2.17. The van der Waals surface area contributed by atoms with Crippen LogP contribution >= 0.6 is 0 Å². The van der Waals surface area contributed by atoms with Crippen LogP contribution in [-0.2, 0) is 6.42 Å². The summed E-state index contributed by atoms with van der Waals surface area (Å²) in [5.41, 5.74) is 12.6. The van der Waals surface area contributed by atoms with Gasteiger partial charge in [-0.2, -0.15) is 0 Å². The molecule has 2 heteroatoms. The topological polar surface area (TPSA) is 35.2 Å². The largest absolute Gasteiger partial charge is 0.490 e. The van der Waals surface area contributed by atoms with Crippen molar-refractivity contribution in [3.8, 4) is 5.75 Å². The molecule has 0 saturated heterocycles. The van der Waals surface area contributed by atoms with E-state index in [0.717, 1.165) is 17.7 Å². The maximum Gasteiger partial charge on any atom is 0.123 e. The monoisotopic (exact) mass is 267 g/mol. The molecule has 1 aliphatic rings. The number of benzene rings is 2. The molecule has 0 aliphatic carbocycles. The molecular formula is C18H21NO. The van der Waals surface area contributed by atoms with Crippen molar-refractivity contribution < 1.29 is 4.74 Å². The highest BCUT2D eigenvalue weighted by Gasteiger charge is 2.21. The van der Waals surface area contributed by atoms with Crippen molar-refractivity contribution in [1.82, 2.24) is 0 Å². The minimum Gasteiger partial charge on any atom is -0.490 e. The SMILES string of the molecule is Cc1ccc(C)c(C(N)c2ccc3c(c2)CC(C)O3)c1. The highest BCUT2D eigenvalue weighted by Crippen LogP contribution is 2.32. The van der Waals surface area contributed by atoms with E-state index < -0.39 is 0 Å². The zero-order valence-corrected chi connectivity index (χ0v) is 12.3. The van der Waals surface area contributed by atoms with Crippen LogP contribution < -0.4 is 10.5 Å². The molecule has 0 radical (unpaired) electrons. The second-order valence-electron chi connectivity index (χ2n) is 5.84. The summed E-state index contributed by atoms with van der Waals surface area (Å²) in [6, 6.07) is 12.7. The predicted octanol–water partition coefficient (Wildman–Crippen LogP) is 3.67. The predicted molar refractivity (Wildman–Crippen MR) is 82.2 cm³/mol. The van der Waals surface area contributed by atoms with Crippen molar-refractivity contribution in [2.24, 2.45) is 5.73 Å². The molecule has 2 nitrogen and oxygen atoms in total. The highest BCUT2D eigenvalue weighted by atomic mass is 16.5. The van der Waals surface area contributed by atoms with Gasteiger partial charge in [0.2, 0.25) is 0 Å². The van der Waals surface area contributed by atoms with E-state index >= 15 is 0 Å². The Labute approximate surface area is 120 Å². The Kier molecular flexibility index (Phi) is 3.27. The molecule has 20 heavy (non-hydrogen) atoms. The smallest absolute Gasteiger partial charge is 0.123 e. The Balaban J connectivity index is 1.97. The number of rotatable bonds is 2. The van der Waals surface area contributed by atoms with Crippen molar-refractivity contribution in [3.63, 3.8) is 0 Å². The molecule has 0 bridgehead atoms. The van der Waals surface area contributed by atoms with Gasteiger partial charge in [0, 0.05) is 6.42 Å². The third kappa shape index (κ3) is 2.32. The summed E-state index contributed by atoms with van der Waals surface area (Å²) in [5.74, 6) is 1.01. The van der Waals surface area contributed by atoms with Crippen molar-refractivity contribution in [3.05, 3.63) is 64.2 Å². The Hall–Kier alpha value is -1.80. The van der Waals surface area contributed by atoms with Crippen LogP contribution in [-0.4, -0.2) is 6.10 Å². The molecule has 0 amide bonds. The van der Waals surface area contributed by atoms with E-state index in [1.54, 1.807) is 0 Å². The van der Waals surface area contributed by atoms with Crippen LogP contribution in [0.3, 0.4) is 0 Å². The molecule has 1 aliphatic heterocycles. The number of hydrogen-bond donors (Lipinski definition) is 1. The van der Waals surface area contributed by atoms with E-state index in [2.05, 4.69) is 57.2 Å². The first kappa shape index (κ1) is 13.2. The lowest BCUT2D eigenvalue weighted by Crippen LogP contribution is -2.13. The first-order chi connectivity index (χ1) is 9.54. The minimum atomic E-state index is -0.0730. The Bertz CT molecular complexity index is 648. The lowest BCUT2D eigenvalue weighted by molar-refractivity contribution is 0.254. The Morgan fingerprint density at radius 3 is 2.75 bits per heavy atom. The Morgan fingerprint density at radius 1 is 1.15 bits per heavy atom. The quantitative estimate of drug-likeness (QED) is 0.901. The average Bonchev–Trinajstić information content (AvgIpc) is 2.79. The van der Waals surface area contributed by atoms with E-state index in [4.69, 9.17) is 10.5 Å². The second-order valence-corrected chi connectivity index (χ2v) is 5.84. The fourth-order valence-electron chi connectivity index (χ4n) is 2.91. The molecule has 2 N–H and O–H groups in total. The molecule has 104 valence electrons. The van der Waals surface area contributed by atoms with E-state index in [0.29, 0.717) is 0 Å². The first-order valence-corrected chi connectivity index (χ1v) is 7.17. The summed E-state index contributed by atoms with van der Waals surface area (Å²) < 4.78 is 5.75. The van der Waals surface area contributed by atoms with Crippen LogP contribution in [0.1, 0.15) is 40.8 Å². The molecule has 2 unspecified atom stereocenters. The van der Waals surface area contributed by atoms with Gasteiger partial charge in [-0.05, 0) is 49.1 Å². The van der Waals surface area contributed by atoms with Gasteiger partial charge in [0.15, 0.2) is 0 Å². The van der Waals surface area contributed by atoms with Crippen LogP contribution in [0.4, 0.5) is 0 Å². The second kappa shape index (κ2) is 4.95. The van der Waals surface area contributed by atoms with E-state index in [9.17, 15) is 0 Å². The summed E-state index contributed by atoms with van der Waals surface area (Å²) in [6.45, 7) is 6.32. The minimum absolute atomic E-state index is 0.0730. The van der Waals surface area contributed by atoms with Gasteiger partial charge in [0.05, 0.1) is 6.04 Å². The lowest BCUT2D eigenvalue weighted by atomic mass is 9.93. The zero-order chi connectivity index (χ0) is 14.3. The molecule has 2 aromatic carbocycles. The molecule has 1 heterocycles. The zero-order valence-electron chi connectivity index (χ0n) is 12.3. The molecule has 0 saturated carbocycles. The van der Waals surface area contributed by atoms with Crippen molar-refractivity contribution in [2.75, 3.05) is 0 Å². The summed E-state index contributed by atoms with van der Waals surface area (Å²) in [7, 11) is 0. The van der Waals surface area contributed by atoms with Crippen LogP contribution in [0.15, 0.2) is 36.4 Å². The number of aryl methyl sites for hydroxylation is 2. The summed E-state index contributed by atoms with van der Waals surface area (Å²) in [6.07, 6.45) is 1.25. The normalized spacial score (nSPS) is 18.5. The fourth-order valence-corrected chi connectivity index (χ4v) is 2.91. The maximum absolute atomic E-state index is 6.47. The Morgan fingerprint density at radius 2 is 1.95 bits per heavy atom. The van der Waals surface area contributed by atoms with Gasteiger partial charge in [0.1, 0.15) is 11.9 Å². The molecular weight excluding hydrogens is 246 g/mol. The summed E-state index contributed by atoms with van der Waals surface area (Å²) in [5, 5.41) is 0. The number of fused-ring (bicyclic) bond motifs is 1. The van der Waals surface area contributed by atoms with Gasteiger partial charge in [-0.3, -0.25) is 0 Å². The average molecular weight is 267 g/mol. The van der Waals surface area contributed by atoms with Crippen molar-refractivity contribution in [2.45, 2.75) is 39.3 Å². The van der Waals surface area contributed by atoms with E-state index in [1.807, 2.05) is 0 Å². The fraction of sp³-hybridized carbons (Fsp3) is 0.333. The molecule has 2 atom stereocenters. The van der Waals surface area contributed by atoms with E-state index in [-0.39, 0.29) is 12.1 Å². The standard InChI is InChI=1S/C18H21NO/c1-11-4-5-12(2)16(8-11)18(19)14-6-7-17-15(10-14)9-13(3)20-17/h4-8,10,13,18H,9,19H2,1-3H3. The van der Waals surface area contributed by atoms with Crippen LogP contribution in [0.5, 0.6) is 5.75 Å². The molecule has 0 spiro atoms. The maximum atomic E-state index is 6.47. The molecule has 0 fully saturated rings. The van der Waals surface area contributed by atoms with E-state index in [1.165, 1.54) is 22.3 Å². The first-order valence-electron chi connectivity index (χ1n) is 7.17. The van der Waals surface area contributed by atoms with Crippen LogP contribution in [0, 0.1) is 13.8 Å². The summed E-state index contributed by atoms with van der Waals surface area (Å²) >= 11 is 0. The number of ether oxygens (including phenoxy) is 1. The van der Waals surface area contributed by atoms with Crippen LogP contribution in [0.2, 0.25) is 0 Å². The van der Waals surface area contributed by atoms with Gasteiger partial charge in [-0.1, -0.05) is 35.9 Å². The third-order valence-electron chi connectivity index (χ3n) is 4.05. The molecule has 0 aromatic heterocycles. The van der Waals surface area contributed by atoms with Gasteiger partial charge < -0.3 is 10.5 Å². The number of hydrogen-bond acceptors (Lipinski definition) is 2. The third-order valence-corrected chi connectivity index (χ3v) is 4.05. The van der Waals surface area contributed by atoms with Crippen molar-refractivity contribution >= 4 is 0 Å².